The second-order valence-electron chi connectivity index (χ2n) is 5.92. The van der Waals surface area contributed by atoms with Gasteiger partial charge < -0.3 is 10.4 Å². The molecule has 116 valence electrons. The zero-order valence-corrected chi connectivity index (χ0v) is 12.4. The summed E-state index contributed by atoms with van der Waals surface area (Å²) in [7, 11) is 0. The predicted molar refractivity (Wildman–Crippen MR) is 78.8 cm³/mol. The lowest BCUT2D eigenvalue weighted by atomic mass is 9.79. The van der Waals surface area contributed by atoms with Gasteiger partial charge in [0.25, 0.3) is 0 Å². The van der Waals surface area contributed by atoms with E-state index in [0.29, 0.717) is 24.1 Å². The third-order valence-electron chi connectivity index (χ3n) is 4.17. The number of amides is 1. The smallest absolute Gasteiger partial charge is 0.325 e. The van der Waals surface area contributed by atoms with E-state index in [0.717, 1.165) is 0 Å². The molecule has 2 rings (SSSR count). The van der Waals surface area contributed by atoms with Gasteiger partial charge in [-0.05, 0) is 11.8 Å². The first-order valence-electron chi connectivity index (χ1n) is 7.59. The number of hydrogen-bond acceptors (Lipinski definition) is 3. The Morgan fingerprint density at radius 2 is 2.14 bits per heavy atom. The quantitative estimate of drug-likeness (QED) is 0.844. The Morgan fingerprint density at radius 3 is 2.81 bits per heavy atom. The lowest BCUT2D eigenvalue weighted by Gasteiger charge is -2.27. The molecule has 1 aliphatic carbocycles. The number of carboxylic acids is 1. The minimum Gasteiger partial charge on any atom is -0.480 e. The monoisotopic (exact) mass is 293 g/mol. The first kappa shape index (κ1) is 15.5. The lowest BCUT2D eigenvalue weighted by molar-refractivity contribution is -0.137. The topological polar surface area (TPSA) is 84.2 Å². The molecular formula is C15H23N3O3. The number of carbonyl (C=O) groups excluding carboxylic acids is 1. The summed E-state index contributed by atoms with van der Waals surface area (Å²) in [5.41, 5.74) is 0. The van der Waals surface area contributed by atoms with Gasteiger partial charge in [-0.1, -0.05) is 39.0 Å². The van der Waals surface area contributed by atoms with Crippen LogP contribution >= 0.6 is 0 Å². The summed E-state index contributed by atoms with van der Waals surface area (Å²) in [5, 5.41) is 15.4. The summed E-state index contributed by atoms with van der Waals surface area (Å²) in [6.45, 7) is 1.94. The Balaban J connectivity index is 1.80. The van der Waals surface area contributed by atoms with Crippen LogP contribution in [0.3, 0.4) is 0 Å². The highest BCUT2D eigenvalue weighted by Gasteiger charge is 2.22. The fourth-order valence-electron chi connectivity index (χ4n) is 3.01. The van der Waals surface area contributed by atoms with Crippen molar-refractivity contribution in [2.75, 3.05) is 5.32 Å². The molecule has 2 N–H and O–H groups in total. The average molecular weight is 293 g/mol. The fraction of sp³-hybridized carbons (Fsp3) is 0.667. The molecule has 1 fully saturated rings. The van der Waals surface area contributed by atoms with E-state index < -0.39 is 5.97 Å². The van der Waals surface area contributed by atoms with Crippen LogP contribution in [-0.4, -0.2) is 26.8 Å². The van der Waals surface area contributed by atoms with E-state index in [9.17, 15) is 9.59 Å². The molecule has 0 spiro atoms. The van der Waals surface area contributed by atoms with Crippen LogP contribution in [0.4, 0.5) is 5.82 Å². The molecule has 0 saturated heterocycles. The fourth-order valence-corrected chi connectivity index (χ4v) is 3.01. The van der Waals surface area contributed by atoms with Crippen LogP contribution in [0.15, 0.2) is 12.3 Å². The summed E-state index contributed by atoms with van der Waals surface area (Å²) in [5.74, 6) is 0.438. The standard InChI is InChI=1S/C15H23N3O3/c1-11(12-5-3-2-4-6-12)9-14(19)16-13-7-8-18(17-13)10-15(20)21/h7-8,11-12H,2-6,9-10H2,1H3,(H,20,21)(H,16,17,19). The summed E-state index contributed by atoms with van der Waals surface area (Å²) >= 11 is 0. The zero-order valence-electron chi connectivity index (χ0n) is 12.4. The molecule has 0 radical (unpaired) electrons. The van der Waals surface area contributed by atoms with Crippen molar-refractivity contribution in [3.63, 3.8) is 0 Å². The van der Waals surface area contributed by atoms with E-state index in [1.165, 1.54) is 36.8 Å². The maximum absolute atomic E-state index is 12.0. The third-order valence-corrected chi connectivity index (χ3v) is 4.17. The Kier molecular flexibility index (Phi) is 5.36. The maximum atomic E-state index is 12.0. The Morgan fingerprint density at radius 1 is 1.43 bits per heavy atom. The van der Waals surface area contributed by atoms with Crippen LogP contribution in [0.1, 0.15) is 45.4 Å². The van der Waals surface area contributed by atoms with E-state index in [2.05, 4.69) is 17.3 Å². The van der Waals surface area contributed by atoms with Crippen molar-refractivity contribution in [2.24, 2.45) is 11.8 Å². The Bertz CT molecular complexity index is 492. The van der Waals surface area contributed by atoms with E-state index in [1.807, 2.05) is 0 Å². The molecule has 0 aromatic carbocycles. The summed E-state index contributed by atoms with van der Waals surface area (Å²) in [4.78, 5) is 22.6. The van der Waals surface area contributed by atoms with Crippen molar-refractivity contribution in [3.8, 4) is 0 Å². The van der Waals surface area contributed by atoms with Gasteiger partial charge in [-0.15, -0.1) is 0 Å². The van der Waals surface area contributed by atoms with Gasteiger partial charge in [0.05, 0.1) is 0 Å². The normalized spacial score (nSPS) is 17.4. The van der Waals surface area contributed by atoms with Gasteiger partial charge in [-0.3, -0.25) is 14.3 Å². The minimum absolute atomic E-state index is 0.0475. The number of carboxylic acid groups (broad SMARTS) is 1. The number of hydrogen-bond donors (Lipinski definition) is 2. The molecule has 6 heteroatoms. The number of aliphatic carboxylic acids is 1. The number of anilines is 1. The van der Waals surface area contributed by atoms with Crippen molar-refractivity contribution in [2.45, 2.75) is 52.0 Å². The van der Waals surface area contributed by atoms with Crippen molar-refractivity contribution < 1.29 is 14.7 Å². The van der Waals surface area contributed by atoms with E-state index in [4.69, 9.17) is 5.11 Å². The van der Waals surface area contributed by atoms with Crippen LogP contribution in [-0.2, 0) is 16.1 Å². The second-order valence-corrected chi connectivity index (χ2v) is 5.92. The molecule has 1 heterocycles. The Hall–Kier alpha value is -1.85. The predicted octanol–water partition coefficient (Wildman–Crippen LogP) is 2.51. The summed E-state index contributed by atoms with van der Waals surface area (Å²) < 4.78 is 1.29. The highest BCUT2D eigenvalue weighted by Crippen LogP contribution is 2.31. The first-order valence-corrected chi connectivity index (χ1v) is 7.59. The largest absolute Gasteiger partial charge is 0.480 e. The SMILES string of the molecule is CC(CC(=O)Nc1ccn(CC(=O)O)n1)C1CCCCC1. The van der Waals surface area contributed by atoms with Gasteiger partial charge in [-0.2, -0.15) is 5.10 Å². The number of rotatable bonds is 6. The van der Waals surface area contributed by atoms with Crippen LogP contribution in [0.5, 0.6) is 0 Å². The molecule has 1 saturated carbocycles. The molecule has 0 aliphatic heterocycles. The van der Waals surface area contributed by atoms with Crippen molar-refractivity contribution in [1.82, 2.24) is 9.78 Å². The number of carbonyl (C=O) groups is 2. The zero-order chi connectivity index (χ0) is 15.2. The summed E-state index contributed by atoms with van der Waals surface area (Å²) in [6.07, 6.45) is 8.36. The minimum atomic E-state index is -0.957. The number of nitrogens with zero attached hydrogens (tertiary/aromatic N) is 2. The molecule has 0 bridgehead atoms. The molecular weight excluding hydrogens is 270 g/mol. The van der Waals surface area contributed by atoms with Crippen molar-refractivity contribution in [1.29, 1.82) is 0 Å². The molecule has 1 aromatic rings. The van der Waals surface area contributed by atoms with Gasteiger partial charge in [0.15, 0.2) is 5.82 Å². The average Bonchev–Trinajstić information content (AvgIpc) is 2.85. The number of aromatic nitrogens is 2. The van der Waals surface area contributed by atoms with Crippen molar-refractivity contribution >= 4 is 17.7 Å². The van der Waals surface area contributed by atoms with Gasteiger partial charge in [-0.25, -0.2) is 0 Å². The molecule has 1 amide bonds. The molecule has 6 nitrogen and oxygen atoms in total. The highest BCUT2D eigenvalue weighted by atomic mass is 16.4. The Labute approximate surface area is 124 Å². The summed E-state index contributed by atoms with van der Waals surface area (Å²) in [6, 6.07) is 1.62. The van der Waals surface area contributed by atoms with Gasteiger partial charge >= 0.3 is 5.97 Å². The molecule has 1 atom stereocenters. The molecule has 1 aliphatic rings. The number of nitrogens with one attached hydrogen (secondary N) is 1. The molecule has 1 unspecified atom stereocenters. The highest BCUT2D eigenvalue weighted by molar-refractivity contribution is 5.89. The second kappa shape index (κ2) is 7.24. The van der Waals surface area contributed by atoms with Crippen LogP contribution < -0.4 is 5.32 Å². The van der Waals surface area contributed by atoms with E-state index in [1.54, 1.807) is 12.3 Å². The van der Waals surface area contributed by atoms with Crippen LogP contribution in [0.25, 0.3) is 0 Å². The van der Waals surface area contributed by atoms with Crippen LogP contribution in [0.2, 0.25) is 0 Å². The first-order chi connectivity index (χ1) is 10.0. The maximum Gasteiger partial charge on any atom is 0.325 e. The van der Waals surface area contributed by atoms with E-state index >= 15 is 0 Å². The van der Waals surface area contributed by atoms with Crippen LogP contribution in [0, 0.1) is 11.8 Å². The molecule has 21 heavy (non-hydrogen) atoms. The molecule has 1 aromatic heterocycles. The third kappa shape index (κ3) is 4.88. The van der Waals surface area contributed by atoms with Gasteiger partial charge in [0, 0.05) is 18.7 Å². The lowest BCUT2D eigenvalue weighted by Crippen LogP contribution is -2.22. The van der Waals surface area contributed by atoms with Gasteiger partial charge in [0.2, 0.25) is 5.91 Å². The van der Waals surface area contributed by atoms with Crippen molar-refractivity contribution in [3.05, 3.63) is 12.3 Å². The van der Waals surface area contributed by atoms with E-state index in [-0.39, 0.29) is 12.5 Å². The van der Waals surface area contributed by atoms with Gasteiger partial charge in [0.1, 0.15) is 6.54 Å².